The highest BCUT2D eigenvalue weighted by atomic mass is 32.2. The molecule has 9 heteroatoms. The third-order valence-electron chi connectivity index (χ3n) is 6.49. The number of rotatable bonds is 11. The predicted molar refractivity (Wildman–Crippen MR) is 168 cm³/mol. The largest absolute Gasteiger partial charge is 0.462 e. The average Bonchev–Trinajstić information content (AvgIpc) is 3.00. The highest BCUT2D eigenvalue weighted by molar-refractivity contribution is 7.91. The van der Waals surface area contributed by atoms with Gasteiger partial charge in [-0.15, -0.1) is 0 Å². The molecular formula is C35H37NO7S. The second-order valence-electron chi connectivity index (χ2n) is 11.1. The number of hydrogen-bond acceptors (Lipinski definition) is 7. The molecule has 0 aliphatic carbocycles. The fourth-order valence-corrected chi connectivity index (χ4v) is 5.61. The molecule has 4 aromatic rings. The van der Waals surface area contributed by atoms with Crippen LogP contribution in [0.15, 0.2) is 113 Å². The van der Waals surface area contributed by atoms with Crippen LogP contribution in [-0.4, -0.2) is 44.1 Å². The van der Waals surface area contributed by atoms with E-state index in [0.29, 0.717) is 36.6 Å². The highest BCUT2D eigenvalue weighted by Gasteiger charge is 2.23. The van der Waals surface area contributed by atoms with Crippen LogP contribution in [-0.2, 0) is 32.3 Å². The monoisotopic (exact) mass is 615 g/mol. The lowest BCUT2D eigenvalue weighted by Crippen LogP contribution is -2.37. The molecule has 0 fully saturated rings. The van der Waals surface area contributed by atoms with E-state index in [1.54, 1.807) is 72.5 Å². The molecule has 4 rings (SSSR count). The van der Waals surface area contributed by atoms with Crippen molar-refractivity contribution in [1.82, 2.24) is 4.90 Å². The molecule has 1 amide bonds. The van der Waals surface area contributed by atoms with Gasteiger partial charge in [-0.25, -0.2) is 18.0 Å². The van der Waals surface area contributed by atoms with Crippen molar-refractivity contribution in [3.8, 4) is 11.5 Å². The van der Waals surface area contributed by atoms with E-state index in [1.807, 2.05) is 51.1 Å². The lowest BCUT2D eigenvalue weighted by molar-refractivity contribution is 0.0235. The molecule has 0 heterocycles. The van der Waals surface area contributed by atoms with Gasteiger partial charge in [-0.05, 0) is 99.8 Å². The van der Waals surface area contributed by atoms with Gasteiger partial charge in [0.25, 0.3) is 0 Å². The Kier molecular flexibility index (Phi) is 10.4. The Bertz CT molecular complexity index is 1660. The van der Waals surface area contributed by atoms with Gasteiger partial charge in [0.2, 0.25) is 9.84 Å². The van der Waals surface area contributed by atoms with Crippen molar-refractivity contribution in [1.29, 1.82) is 0 Å². The number of nitrogens with zero attached hydrogens (tertiary/aromatic N) is 1. The van der Waals surface area contributed by atoms with Gasteiger partial charge >= 0.3 is 12.1 Å². The Morgan fingerprint density at radius 1 is 0.750 bits per heavy atom. The molecule has 4 aromatic carbocycles. The summed E-state index contributed by atoms with van der Waals surface area (Å²) in [6.07, 6.45) is 0.114. The Balaban J connectivity index is 1.44. The van der Waals surface area contributed by atoms with Crippen LogP contribution in [0.2, 0.25) is 0 Å². The van der Waals surface area contributed by atoms with E-state index in [2.05, 4.69) is 0 Å². The van der Waals surface area contributed by atoms with Crippen molar-refractivity contribution in [2.75, 3.05) is 13.2 Å². The van der Waals surface area contributed by atoms with Gasteiger partial charge < -0.3 is 19.1 Å². The molecule has 0 unspecified atom stereocenters. The number of carbonyl (C=O) groups excluding carboxylic acids is 2. The first-order valence-corrected chi connectivity index (χ1v) is 15.8. The van der Waals surface area contributed by atoms with Crippen LogP contribution in [0, 0.1) is 0 Å². The predicted octanol–water partition coefficient (Wildman–Crippen LogP) is 7.47. The fourth-order valence-electron chi connectivity index (χ4n) is 4.32. The summed E-state index contributed by atoms with van der Waals surface area (Å²) in [5, 5.41) is 0. The van der Waals surface area contributed by atoms with Crippen LogP contribution >= 0.6 is 0 Å². The summed E-state index contributed by atoms with van der Waals surface area (Å²) in [5.41, 5.74) is 1.64. The van der Waals surface area contributed by atoms with E-state index in [1.165, 1.54) is 12.1 Å². The molecule has 230 valence electrons. The maximum Gasteiger partial charge on any atom is 0.410 e. The minimum Gasteiger partial charge on any atom is -0.462 e. The zero-order valence-electron chi connectivity index (χ0n) is 25.4. The van der Waals surface area contributed by atoms with Crippen LogP contribution in [0.3, 0.4) is 0 Å². The zero-order chi connectivity index (χ0) is 31.7. The second kappa shape index (κ2) is 14.2. The smallest absolute Gasteiger partial charge is 0.410 e. The maximum atomic E-state index is 13.4. The minimum absolute atomic E-state index is 0.0878. The first kappa shape index (κ1) is 32.3. The van der Waals surface area contributed by atoms with Gasteiger partial charge in [0.05, 0.1) is 22.0 Å². The number of sulfone groups is 1. The van der Waals surface area contributed by atoms with Crippen LogP contribution in [0.1, 0.15) is 49.2 Å². The number of carbonyl (C=O) groups is 2. The van der Waals surface area contributed by atoms with Crippen molar-refractivity contribution in [2.45, 2.75) is 56.1 Å². The number of amides is 1. The minimum atomic E-state index is -3.83. The standard InChI is InChI=1S/C35H37NO7S/c1-5-41-33(37)28-16-18-29(19-17-28)42-30-12-9-13-32(24-30)44(39,40)31-20-14-26(15-21-31)22-23-36(34(38)43-35(2,3)4)25-27-10-7-6-8-11-27/h6-21,24H,5,22-23,25H2,1-4H3. The van der Waals surface area contributed by atoms with Crippen molar-refractivity contribution in [3.63, 3.8) is 0 Å². The number of ether oxygens (including phenoxy) is 3. The Morgan fingerprint density at radius 2 is 1.43 bits per heavy atom. The molecule has 0 saturated carbocycles. The second-order valence-corrected chi connectivity index (χ2v) is 13.1. The molecular weight excluding hydrogens is 578 g/mol. The van der Waals surface area contributed by atoms with E-state index in [4.69, 9.17) is 14.2 Å². The molecule has 0 aromatic heterocycles. The molecule has 0 aliphatic rings. The van der Waals surface area contributed by atoms with E-state index >= 15 is 0 Å². The van der Waals surface area contributed by atoms with Crippen LogP contribution in [0.4, 0.5) is 4.79 Å². The fraction of sp³-hybridized carbons (Fsp3) is 0.257. The molecule has 0 radical (unpaired) electrons. The van der Waals surface area contributed by atoms with Gasteiger partial charge in [-0.3, -0.25) is 0 Å². The van der Waals surface area contributed by atoms with Crippen LogP contribution in [0.25, 0.3) is 0 Å². The van der Waals surface area contributed by atoms with Gasteiger partial charge in [-0.1, -0.05) is 48.5 Å². The van der Waals surface area contributed by atoms with Crippen LogP contribution < -0.4 is 4.74 Å². The molecule has 0 bridgehead atoms. The van der Waals surface area contributed by atoms with Crippen molar-refractivity contribution >= 4 is 21.9 Å². The lowest BCUT2D eigenvalue weighted by atomic mass is 10.1. The third kappa shape index (κ3) is 8.94. The van der Waals surface area contributed by atoms with Crippen molar-refractivity contribution < 1.29 is 32.2 Å². The summed E-state index contributed by atoms with van der Waals surface area (Å²) >= 11 is 0. The molecule has 44 heavy (non-hydrogen) atoms. The molecule has 0 saturated heterocycles. The number of hydrogen-bond donors (Lipinski definition) is 0. The molecule has 0 atom stereocenters. The maximum absolute atomic E-state index is 13.4. The van der Waals surface area contributed by atoms with Gasteiger partial charge in [0, 0.05) is 13.1 Å². The van der Waals surface area contributed by atoms with E-state index in [-0.39, 0.29) is 16.4 Å². The number of esters is 1. The summed E-state index contributed by atoms with van der Waals surface area (Å²) in [6.45, 7) is 8.31. The third-order valence-corrected chi connectivity index (χ3v) is 8.26. The topological polar surface area (TPSA) is 99.2 Å². The van der Waals surface area contributed by atoms with E-state index in [9.17, 15) is 18.0 Å². The Hall–Kier alpha value is -4.63. The molecule has 0 spiro atoms. The number of benzene rings is 4. The summed E-state index contributed by atoms with van der Waals surface area (Å²) in [6, 6.07) is 29.0. The molecule has 0 aliphatic heterocycles. The van der Waals surface area contributed by atoms with Gasteiger partial charge in [-0.2, -0.15) is 0 Å². The summed E-state index contributed by atoms with van der Waals surface area (Å²) in [7, 11) is -3.83. The van der Waals surface area contributed by atoms with Gasteiger partial charge in [0.15, 0.2) is 0 Å². The van der Waals surface area contributed by atoms with E-state index in [0.717, 1.165) is 11.1 Å². The normalized spacial score (nSPS) is 11.5. The lowest BCUT2D eigenvalue weighted by Gasteiger charge is -2.27. The van der Waals surface area contributed by atoms with Crippen molar-refractivity contribution in [2.24, 2.45) is 0 Å². The molecule has 0 N–H and O–H groups in total. The highest BCUT2D eigenvalue weighted by Crippen LogP contribution is 2.28. The van der Waals surface area contributed by atoms with Crippen molar-refractivity contribution in [3.05, 3.63) is 120 Å². The van der Waals surface area contributed by atoms with Gasteiger partial charge in [0.1, 0.15) is 17.1 Å². The quantitative estimate of drug-likeness (QED) is 0.161. The summed E-state index contributed by atoms with van der Waals surface area (Å²) in [4.78, 5) is 26.7. The Labute approximate surface area is 259 Å². The van der Waals surface area contributed by atoms with E-state index < -0.39 is 27.5 Å². The average molecular weight is 616 g/mol. The first-order chi connectivity index (χ1) is 20.9. The Morgan fingerprint density at radius 3 is 2.07 bits per heavy atom. The zero-order valence-corrected chi connectivity index (χ0v) is 26.2. The first-order valence-electron chi connectivity index (χ1n) is 14.4. The SMILES string of the molecule is CCOC(=O)c1ccc(Oc2cccc(S(=O)(=O)c3ccc(CCN(Cc4ccccc4)C(=O)OC(C)(C)C)cc3)c2)cc1. The van der Waals surface area contributed by atoms with Crippen LogP contribution in [0.5, 0.6) is 11.5 Å². The summed E-state index contributed by atoms with van der Waals surface area (Å²) in [5.74, 6) is 0.364. The molecule has 8 nitrogen and oxygen atoms in total. The summed E-state index contributed by atoms with van der Waals surface area (Å²) < 4.78 is 43.4.